The van der Waals surface area contributed by atoms with E-state index in [-0.39, 0.29) is 12.0 Å². The molecule has 3 rings (SSSR count). The van der Waals surface area contributed by atoms with E-state index in [1.807, 2.05) is 45.9 Å². The Morgan fingerprint density at radius 3 is 2.76 bits per heavy atom. The number of aromatic nitrogens is 1. The normalized spacial score (nSPS) is 11.1. The van der Waals surface area contributed by atoms with E-state index in [9.17, 15) is 4.79 Å². The second-order valence-electron chi connectivity index (χ2n) is 6.24. The van der Waals surface area contributed by atoms with E-state index in [0.29, 0.717) is 16.4 Å². The number of anilines is 2. The highest BCUT2D eigenvalue weighted by Gasteiger charge is 2.15. The first kappa shape index (κ1) is 17.2. The smallest absolute Gasteiger partial charge is 0.255 e. The van der Waals surface area contributed by atoms with Crippen molar-refractivity contribution in [2.24, 2.45) is 0 Å². The number of hydrogen-bond donors (Lipinski definition) is 2. The molecule has 0 aliphatic carbocycles. The molecule has 3 N–H and O–H groups in total. The first-order chi connectivity index (χ1) is 11.8. The van der Waals surface area contributed by atoms with Crippen LogP contribution in [0.1, 0.15) is 35.3 Å². The molecule has 1 heterocycles. The van der Waals surface area contributed by atoms with Crippen LogP contribution in [0.3, 0.4) is 0 Å². The first-order valence-corrected chi connectivity index (χ1v) is 8.91. The highest BCUT2D eigenvalue weighted by Crippen LogP contribution is 2.34. The van der Waals surface area contributed by atoms with Crippen LogP contribution in [0.25, 0.3) is 10.2 Å². The van der Waals surface area contributed by atoms with Crippen molar-refractivity contribution in [1.29, 1.82) is 0 Å². The highest BCUT2D eigenvalue weighted by atomic mass is 32.1. The summed E-state index contributed by atoms with van der Waals surface area (Å²) < 4.78 is 6.66. The molecule has 2 aromatic carbocycles. The molecular weight excluding hydrogens is 334 g/mol. The van der Waals surface area contributed by atoms with Gasteiger partial charge in [-0.25, -0.2) is 4.98 Å². The molecule has 0 aliphatic heterocycles. The van der Waals surface area contributed by atoms with Crippen molar-refractivity contribution in [3.05, 3.63) is 47.0 Å². The number of fused-ring (bicyclic) bond motifs is 1. The molecule has 1 amide bonds. The molecule has 0 saturated heterocycles. The summed E-state index contributed by atoms with van der Waals surface area (Å²) in [6.45, 7) is 7.83. The van der Waals surface area contributed by atoms with E-state index in [1.54, 1.807) is 12.1 Å². The number of carbonyl (C=O) groups excluding carboxylic acids is 1. The number of aryl methyl sites for hydroxylation is 2. The van der Waals surface area contributed by atoms with E-state index in [2.05, 4.69) is 10.3 Å². The van der Waals surface area contributed by atoms with Crippen LogP contribution in [-0.2, 0) is 0 Å². The minimum absolute atomic E-state index is 0.0574. The fraction of sp³-hybridized carbons (Fsp3) is 0.263. The summed E-state index contributed by atoms with van der Waals surface area (Å²) in [5.74, 6) is 0.513. The zero-order valence-corrected chi connectivity index (χ0v) is 15.5. The molecule has 0 aliphatic rings. The van der Waals surface area contributed by atoms with Gasteiger partial charge in [0.2, 0.25) is 0 Å². The number of benzene rings is 2. The monoisotopic (exact) mass is 355 g/mol. The summed E-state index contributed by atoms with van der Waals surface area (Å²) in [6, 6.07) is 9.14. The van der Waals surface area contributed by atoms with Crippen LogP contribution in [0, 0.1) is 13.8 Å². The molecule has 0 spiro atoms. The third-order valence-corrected chi connectivity index (χ3v) is 4.86. The van der Waals surface area contributed by atoms with Gasteiger partial charge in [-0.15, -0.1) is 0 Å². The van der Waals surface area contributed by atoms with E-state index >= 15 is 0 Å². The van der Waals surface area contributed by atoms with Crippen LogP contribution in [-0.4, -0.2) is 17.0 Å². The lowest BCUT2D eigenvalue weighted by atomic mass is 10.1. The van der Waals surface area contributed by atoms with Crippen molar-refractivity contribution in [2.45, 2.75) is 33.8 Å². The Balaban J connectivity index is 1.92. The molecule has 0 saturated carbocycles. The molecule has 0 radical (unpaired) electrons. The van der Waals surface area contributed by atoms with Gasteiger partial charge in [-0.05, 0) is 63.1 Å². The predicted molar refractivity (Wildman–Crippen MR) is 104 cm³/mol. The minimum Gasteiger partial charge on any atom is -0.491 e. The first-order valence-electron chi connectivity index (χ1n) is 8.09. The van der Waals surface area contributed by atoms with Crippen molar-refractivity contribution in [2.75, 3.05) is 11.1 Å². The van der Waals surface area contributed by atoms with Crippen LogP contribution in [0.4, 0.5) is 10.8 Å². The average molecular weight is 355 g/mol. The Kier molecular flexibility index (Phi) is 4.63. The van der Waals surface area contributed by atoms with Gasteiger partial charge in [0.15, 0.2) is 5.13 Å². The molecule has 3 aromatic rings. The summed E-state index contributed by atoms with van der Waals surface area (Å²) in [6.07, 6.45) is 0.0574. The van der Waals surface area contributed by atoms with Crippen molar-refractivity contribution in [1.82, 2.24) is 4.98 Å². The van der Waals surface area contributed by atoms with Crippen LogP contribution < -0.4 is 15.8 Å². The molecule has 0 atom stereocenters. The maximum Gasteiger partial charge on any atom is 0.255 e. The molecule has 6 heteroatoms. The third kappa shape index (κ3) is 3.58. The minimum atomic E-state index is -0.169. The van der Waals surface area contributed by atoms with Crippen molar-refractivity contribution in [3.8, 4) is 5.75 Å². The Hall–Kier alpha value is -2.60. The number of rotatable bonds is 4. The van der Waals surface area contributed by atoms with Gasteiger partial charge in [-0.3, -0.25) is 4.79 Å². The lowest BCUT2D eigenvalue weighted by Gasteiger charge is -2.14. The number of thiazole rings is 1. The molecule has 0 unspecified atom stereocenters. The van der Waals surface area contributed by atoms with Crippen molar-refractivity contribution < 1.29 is 9.53 Å². The van der Waals surface area contributed by atoms with Gasteiger partial charge in [0.1, 0.15) is 5.75 Å². The Bertz CT molecular complexity index is 947. The summed E-state index contributed by atoms with van der Waals surface area (Å²) in [4.78, 5) is 17.0. The SMILES string of the molecule is Cc1cc2nc(N)sc2c(C)c1NC(=O)c1cccc(OC(C)C)c1. The number of nitrogens with one attached hydrogen (secondary N) is 1. The van der Waals surface area contributed by atoms with Gasteiger partial charge in [0, 0.05) is 11.3 Å². The van der Waals surface area contributed by atoms with E-state index < -0.39 is 0 Å². The quantitative estimate of drug-likeness (QED) is 0.720. The standard InChI is InChI=1S/C19H21N3O2S/c1-10(2)24-14-7-5-6-13(9-14)18(23)22-16-11(3)8-15-17(12(16)4)25-19(20)21-15/h5-10H,1-4H3,(H2,20,21)(H,22,23). The number of amides is 1. The van der Waals surface area contributed by atoms with Gasteiger partial charge in [0.25, 0.3) is 5.91 Å². The topological polar surface area (TPSA) is 77.2 Å². The van der Waals surface area contributed by atoms with Crippen LogP contribution in [0.5, 0.6) is 5.75 Å². The molecule has 0 bridgehead atoms. The maximum atomic E-state index is 12.7. The molecular formula is C19H21N3O2S. The van der Waals surface area contributed by atoms with Crippen LogP contribution in [0.15, 0.2) is 30.3 Å². The number of nitrogens with zero attached hydrogens (tertiary/aromatic N) is 1. The molecule has 1 aromatic heterocycles. The Labute approximate surface area is 150 Å². The highest BCUT2D eigenvalue weighted by molar-refractivity contribution is 7.22. The second-order valence-corrected chi connectivity index (χ2v) is 7.27. The molecule has 0 fully saturated rings. The predicted octanol–water partition coefficient (Wildman–Crippen LogP) is 4.53. The van der Waals surface area contributed by atoms with E-state index in [0.717, 1.165) is 27.0 Å². The molecule has 25 heavy (non-hydrogen) atoms. The number of ether oxygens (including phenoxy) is 1. The summed E-state index contributed by atoms with van der Waals surface area (Å²) in [5, 5.41) is 3.55. The van der Waals surface area contributed by atoms with Crippen molar-refractivity contribution in [3.63, 3.8) is 0 Å². The number of carbonyl (C=O) groups is 1. The van der Waals surface area contributed by atoms with E-state index in [1.165, 1.54) is 11.3 Å². The molecule has 5 nitrogen and oxygen atoms in total. The number of nitrogen functional groups attached to an aromatic ring is 1. The Morgan fingerprint density at radius 2 is 2.04 bits per heavy atom. The summed E-state index contributed by atoms with van der Waals surface area (Å²) in [7, 11) is 0. The fourth-order valence-electron chi connectivity index (χ4n) is 2.76. The van der Waals surface area contributed by atoms with Gasteiger partial charge < -0.3 is 15.8 Å². The Morgan fingerprint density at radius 1 is 1.28 bits per heavy atom. The van der Waals surface area contributed by atoms with Gasteiger partial charge in [-0.1, -0.05) is 17.4 Å². The zero-order valence-electron chi connectivity index (χ0n) is 14.7. The third-order valence-electron chi connectivity index (χ3n) is 3.84. The molecule has 130 valence electrons. The summed E-state index contributed by atoms with van der Waals surface area (Å²) in [5.41, 5.74) is 9.97. The van der Waals surface area contributed by atoms with Gasteiger partial charge in [-0.2, -0.15) is 0 Å². The maximum absolute atomic E-state index is 12.7. The van der Waals surface area contributed by atoms with Gasteiger partial charge in [0.05, 0.1) is 16.3 Å². The van der Waals surface area contributed by atoms with Crippen LogP contribution >= 0.6 is 11.3 Å². The van der Waals surface area contributed by atoms with Gasteiger partial charge >= 0.3 is 0 Å². The summed E-state index contributed by atoms with van der Waals surface area (Å²) >= 11 is 1.43. The largest absolute Gasteiger partial charge is 0.491 e. The van der Waals surface area contributed by atoms with Crippen LogP contribution in [0.2, 0.25) is 0 Å². The fourth-order valence-corrected chi connectivity index (χ4v) is 3.58. The lowest BCUT2D eigenvalue weighted by Crippen LogP contribution is -2.14. The second kappa shape index (κ2) is 6.72. The lowest BCUT2D eigenvalue weighted by molar-refractivity contribution is 0.102. The van der Waals surface area contributed by atoms with E-state index in [4.69, 9.17) is 10.5 Å². The van der Waals surface area contributed by atoms with Crippen molar-refractivity contribution >= 4 is 38.3 Å². The zero-order chi connectivity index (χ0) is 18.1. The average Bonchev–Trinajstić information content (AvgIpc) is 2.91. The number of hydrogen-bond acceptors (Lipinski definition) is 5. The number of nitrogens with two attached hydrogens (primary N) is 1.